The molecule has 0 radical (unpaired) electrons. The Bertz CT molecular complexity index is 862. The number of thiophene rings is 1. The number of carbonyl (C=O) groups excluding carboxylic acids is 1. The molecule has 1 unspecified atom stereocenters. The quantitative estimate of drug-likeness (QED) is 0.786. The third-order valence-corrected chi connectivity index (χ3v) is 8.02. The van der Waals surface area contributed by atoms with Crippen LogP contribution in [0.3, 0.4) is 0 Å². The zero-order valence-corrected chi connectivity index (χ0v) is 16.7. The number of rotatable bonds is 5. The molecule has 0 aliphatic carbocycles. The Morgan fingerprint density at radius 2 is 1.96 bits per heavy atom. The van der Waals surface area contributed by atoms with Gasteiger partial charge in [0.2, 0.25) is 5.91 Å². The highest BCUT2D eigenvalue weighted by atomic mass is 32.2. The van der Waals surface area contributed by atoms with Crippen molar-refractivity contribution < 1.29 is 13.2 Å². The predicted molar refractivity (Wildman–Crippen MR) is 103 cm³/mol. The number of benzene rings is 1. The fraction of sp³-hybridized carbons (Fsp3) is 0.421. The minimum Gasteiger partial charge on any atom is -0.341 e. The van der Waals surface area contributed by atoms with Crippen LogP contribution >= 0.6 is 11.3 Å². The van der Waals surface area contributed by atoms with E-state index in [0.717, 1.165) is 16.9 Å². The van der Waals surface area contributed by atoms with Crippen LogP contribution in [0.4, 0.5) is 0 Å². The van der Waals surface area contributed by atoms with Gasteiger partial charge in [-0.2, -0.15) is 4.31 Å². The van der Waals surface area contributed by atoms with Crippen LogP contribution in [0.1, 0.15) is 23.3 Å². The summed E-state index contributed by atoms with van der Waals surface area (Å²) in [4.78, 5) is 15.5. The molecule has 2 heterocycles. The van der Waals surface area contributed by atoms with Crippen molar-refractivity contribution >= 4 is 27.3 Å². The largest absolute Gasteiger partial charge is 0.341 e. The van der Waals surface area contributed by atoms with Crippen LogP contribution in [-0.2, 0) is 21.4 Å². The maximum atomic E-state index is 12.8. The zero-order chi connectivity index (χ0) is 18.7. The molecule has 1 atom stereocenters. The highest BCUT2D eigenvalue weighted by Crippen LogP contribution is 2.28. The highest BCUT2D eigenvalue weighted by molar-refractivity contribution is 7.91. The van der Waals surface area contributed by atoms with Gasteiger partial charge in [-0.05, 0) is 37.5 Å². The first-order valence-corrected chi connectivity index (χ1v) is 11.0. The van der Waals surface area contributed by atoms with Crippen LogP contribution in [0.15, 0.2) is 46.7 Å². The van der Waals surface area contributed by atoms with E-state index in [9.17, 15) is 13.2 Å². The second-order valence-corrected chi connectivity index (χ2v) is 10.2. The molecule has 7 heteroatoms. The first-order valence-electron chi connectivity index (χ1n) is 8.73. The van der Waals surface area contributed by atoms with E-state index < -0.39 is 10.0 Å². The van der Waals surface area contributed by atoms with E-state index in [1.807, 2.05) is 43.3 Å². The SMILES string of the molecule is Cc1ccc(S(=O)(=O)N2CCCC(C(=O)N(C)Cc3ccccc3)C2)s1. The molecule has 3 rings (SSSR count). The normalized spacial score (nSPS) is 18.6. The lowest BCUT2D eigenvalue weighted by Crippen LogP contribution is -2.45. The second kappa shape index (κ2) is 7.90. The first-order chi connectivity index (χ1) is 12.4. The van der Waals surface area contributed by atoms with Gasteiger partial charge in [0.1, 0.15) is 4.21 Å². The van der Waals surface area contributed by atoms with Crippen molar-refractivity contribution in [3.8, 4) is 0 Å². The van der Waals surface area contributed by atoms with Gasteiger partial charge in [0.25, 0.3) is 10.0 Å². The molecule has 1 aliphatic heterocycles. The number of hydrogen-bond acceptors (Lipinski definition) is 4. The van der Waals surface area contributed by atoms with E-state index in [1.54, 1.807) is 18.0 Å². The van der Waals surface area contributed by atoms with Crippen LogP contribution in [0.25, 0.3) is 0 Å². The molecular formula is C19H24N2O3S2. The lowest BCUT2D eigenvalue weighted by molar-refractivity contribution is -0.135. The average Bonchev–Trinajstić information content (AvgIpc) is 3.09. The van der Waals surface area contributed by atoms with Crippen molar-refractivity contribution in [3.63, 3.8) is 0 Å². The monoisotopic (exact) mass is 392 g/mol. The van der Waals surface area contributed by atoms with Crippen LogP contribution in [0.2, 0.25) is 0 Å². The summed E-state index contributed by atoms with van der Waals surface area (Å²) in [6.45, 7) is 3.17. The molecule has 0 saturated carbocycles. The van der Waals surface area contributed by atoms with Gasteiger partial charge in [-0.15, -0.1) is 11.3 Å². The van der Waals surface area contributed by atoms with Crippen LogP contribution in [0.5, 0.6) is 0 Å². The summed E-state index contributed by atoms with van der Waals surface area (Å²) in [5.74, 6) is -0.274. The maximum Gasteiger partial charge on any atom is 0.252 e. The number of carbonyl (C=O) groups is 1. The van der Waals surface area contributed by atoms with Crippen molar-refractivity contribution in [2.75, 3.05) is 20.1 Å². The summed E-state index contributed by atoms with van der Waals surface area (Å²) in [5, 5.41) is 0. The van der Waals surface area contributed by atoms with E-state index in [1.165, 1.54) is 15.6 Å². The summed E-state index contributed by atoms with van der Waals surface area (Å²) in [6, 6.07) is 13.3. The second-order valence-electron chi connectivity index (χ2n) is 6.75. The molecular weight excluding hydrogens is 368 g/mol. The van der Waals surface area contributed by atoms with E-state index in [2.05, 4.69) is 0 Å². The van der Waals surface area contributed by atoms with E-state index in [0.29, 0.717) is 23.7 Å². The van der Waals surface area contributed by atoms with Gasteiger partial charge in [-0.3, -0.25) is 4.79 Å². The Morgan fingerprint density at radius 3 is 2.62 bits per heavy atom. The fourth-order valence-corrected chi connectivity index (χ4v) is 6.25. The molecule has 1 saturated heterocycles. The lowest BCUT2D eigenvalue weighted by atomic mass is 9.98. The lowest BCUT2D eigenvalue weighted by Gasteiger charge is -2.33. The molecule has 1 aliphatic rings. The third-order valence-electron chi connectivity index (χ3n) is 4.68. The van der Waals surface area contributed by atoms with Crippen molar-refractivity contribution in [1.82, 2.24) is 9.21 Å². The fourth-order valence-electron chi connectivity index (χ4n) is 3.29. The molecule has 0 N–H and O–H groups in total. The van der Waals surface area contributed by atoms with Gasteiger partial charge < -0.3 is 4.90 Å². The van der Waals surface area contributed by atoms with Gasteiger partial charge in [-0.25, -0.2) is 8.42 Å². The number of aryl methyl sites for hydroxylation is 1. The van der Waals surface area contributed by atoms with Gasteiger partial charge in [0.05, 0.1) is 5.92 Å². The number of nitrogens with zero attached hydrogens (tertiary/aromatic N) is 2. The number of amides is 1. The highest BCUT2D eigenvalue weighted by Gasteiger charge is 2.35. The minimum atomic E-state index is -3.51. The number of hydrogen-bond donors (Lipinski definition) is 0. The summed E-state index contributed by atoms with van der Waals surface area (Å²) >= 11 is 1.28. The maximum absolute atomic E-state index is 12.8. The summed E-state index contributed by atoms with van der Waals surface area (Å²) in [7, 11) is -1.73. The van der Waals surface area contributed by atoms with Crippen molar-refractivity contribution in [2.45, 2.75) is 30.5 Å². The molecule has 1 amide bonds. The van der Waals surface area contributed by atoms with Crippen molar-refractivity contribution in [1.29, 1.82) is 0 Å². The molecule has 26 heavy (non-hydrogen) atoms. The van der Waals surface area contributed by atoms with Gasteiger partial charge in [-0.1, -0.05) is 30.3 Å². The van der Waals surface area contributed by atoms with Gasteiger partial charge >= 0.3 is 0 Å². The Labute approximate surface area is 159 Å². The Balaban J connectivity index is 1.68. The topological polar surface area (TPSA) is 57.7 Å². The molecule has 0 bridgehead atoms. The zero-order valence-electron chi connectivity index (χ0n) is 15.1. The first kappa shape index (κ1) is 19.1. The number of piperidine rings is 1. The Morgan fingerprint density at radius 1 is 1.23 bits per heavy atom. The molecule has 0 spiro atoms. The van der Waals surface area contributed by atoms with E-state index in [-0.39, 0.29) is 18.4 Å². The van der Waals surface area contributed by atoms with Crippen LogP contribution in [-0.4, -0.2) is 43.7 Å². The molecule has 2 aromatic rings. The van der Waals surface area contributed by atoms with Gasteiger partial charge in [0.15, 0.2) is 0 Å². The molecule has 140 valence electrons. The Kier molecular flexibility index (Phi) is 5.79. The standard InChI is InChI=1S/C19H24N2O3S2/c1-15-10-11-18(25-15)26(23,24)21-12-6-9-17(14-21)19(22)20(2)13-16-7-4-3-5-8-16/h3-5,7-8,10-11,17H,6,9,12-14H2,1-2H3. The Hall–Kier alpha value is -1.70. The van der Waals surface area contributed by atoms with Crippen molar-refractivity contribution in [2.24, 2.45) is 5.92 Å². The molecule has 5 nitrogen and oxygen atoms in total. The molecule has 1 aromatic heterocycles. The van der Waals surface area contributed by atoms with Crippen LogP contribution in [0, 0.1) is 12.8 Å². The summed E-state index contributed by atoms with van der Waals surface area (Å²) in [6.07, 6.45) is 1.44. The van der Waals surface area contributed by atoms with Gasteiger partial charge in [0, 0.05) is 31.6 Å². The van der Waals surface area contributed by atoms with Crippen molar-refractivity contribution in [3.05, 3.63) is 52.9 Å². The van der Waals surface area contributed by atoms with Crippen LogP contribution < -0.4 is 0 Å². The predicted octanol–water partition coefficient (Wildman–Crippen LogP) is 3.12. The molecule has 1 fully saturated rings. The smallest absolute Gasteiger partial charge is 0.252 e. The van der Waals surface area contributed by atoms with E-state index in [4.69, 9.17) is 0 Å². The summed E-state index contributed by atoms with van der Waals surface area (Å²) in [5.41, 5.74) is 1.07. The third kappa shape index (κ3) is 4.16. The number of sulfonamides is 1. The minimum absolute atomic E-state index is 0.0103. The summed E-state index contributed by atoms with van der Waals surface area (Å²) < 4.78 is 27.5. The molecule has 1 aromatic carbocycles. The average molecular weight is 393 g/mol. The van der Waals surface area contributed by atoms with E-state index >= 15 is 0 Å².